The molecule has 7 heteroatoms. The number of pyridine rings is 2. The SMILES string of the molecule is O=C(c1ccc(C2CCNN2)nc1)N1CCC(Oc2cccnc2)CC1. The molecule has 2 aromatic heterocycles. The van der Waals surface area contributed by atoms with Crippen molar-refractivity contribution >= 4 is 5.91 Å². The Morgan fingerprint density at radius 3 is 2.69 bits per heavy atom. The highest BCUT2D eigenvalue weighted by Crippen LogP contribution is 2.20. The van der Waals surface area contributed by atoms with E-state index in [4.69, 9.17) is 4.74 Å². The molecule has 2 aromatic rings. The number of hydrogen-bond acceptors (Lipinski definition) is 6. The molecule has 0 aromatic carbocycles. The van der Waals surface area contributed by atoms with E-state index in [1.807, 2.05) is 29.2 Å². The van der Waals surface area contributed by atoms with E-state index in [2.05, 4.69) is 20.8 Å². The lowest BCUT2D eigenvalue weighted by Gasteiger charge is -2.32. The first-order valence-corrected chi connectivity index (χ1v) is 9.10. The molecule has 2 aliphatic rings. The van der Waals surface area contributed by atoms with Crippen molar-refractivity contribution in [3.8, 4) is 5.75 Å². The van der Waals surface area contributed by atoms with E-state index in [1.165, 1.54) is 0 Å². The van der Waals surface area contributed by atoms with Crippen molar-refractivity contribution in [3.05, 3.63) is 54.1 Å². The van der Waals surface area contributed by atoms with Crippen LogP contribution in [-0.4, -0.2) is 46.5 Å². The highest BCUT2D eigenvalue weighted by Gasteiger charge is 2.25. The molecule has 2 N–H and O–H groups in total. The van der Waals surface area contributed by atoms with Gasteiger partial charge in [0.05, 0.1) is 23.5 Å². The summed E-state index contributed by atoms with van der Waals surface area (Å²) >= 11 is 0. The molecule has 7 nitrogen and oxygen atoms in total. The van der Waals surface area contributed by atoms with Crippen LogP contribution in [0, 0.1) is 0 Å². The molecule has 1 atom stereocenters. The predicted molar refractivity (Wildman–Crippen MR) is 96.5 cm³/mol. The lowest BCUT2D eigenvalue weighted by molar-refractivity contribution is 0.0594. The number of rotatable bonds is 4. The molecular weight excluding hydrogens is 330 g/mol. The second-order valence-corrected chi connectivity index (χ2v) is 6.68. The third-order valence-electron chi connectivity index (χ3n) is 4.89. The fourth-order valence-corrected chi connectivity index (χ4v) is 3.41. The van der Waals surface area contributed by atoms with Gasteiger partial charge in [0.1, 0.15) is 11.9 Å². The Kier molecular flexibility index (Phi) is 5.08. The Morgan fingerprint density at radius 1 is 1.15 bits per heavy atom. The number of amides is 1. The number of aromatic nitrogens is 2. The summed E-state index contributed by atoms with van der Waals surface area (Å²) in [5.41, 5.74) is 7.90. The molecule has 4 heterocycles. The third-order valence-corrected chi connectivity index (χ3v) is 4.89. The van der Waals surface area contributed by atoms with Gasteiger partial charge in [0, 0.05) is 44.9 Å². The number of hydrazine groups is 1. The molecule has 1 amide bonds. The van der Waals surface area contributed by atoms with Gasteiger partial charge >= 0.3 is 0 Å². The van der Waals surface area contributed by atoms with Crippen molar-refractivity contribution in [2.45, 2.75) is 31.4 Å². The molecule has 2 aliphatic heterocycles. The zero-order valence-electron chi connectivity index (χ0n) is 14.6. The molecule has 0 bridgehead atoms. The summed E-state index contributed by atoms with van der Waals surface area (Å²) in [6.07, 6.45) is 7.92. The van der Waals surface area contributed by atoms with Crippen LogP contribution in [0.4, 0.5) is 0 Å². The molecule has 4 rings (SSSR count). The van der Waals surface area contributed by atoms with E-state index in [-0.39, 0.29) is 18.1 Å². The minimum absolute atomic E-state index is 0.0429. The predicted octanol–water partition coefficient (Wildman–Crippen LogP) is 1.70. The molecule has 26 heavy (non-hydrogen) atoms. The van der Waals surface area contributed by atoms with Crippen molar-refractivity contribution in [3.63, 3.8) is 0 Å². The largest absolute Gasteiger partial charge is 0.489 e. The van der Waals surface area contributed by atoms with Crippen LogP contribution in [0.3, 0.4) is 0 Å². The fraction of sp³-hybridized carbons (Fsp3) is 0.421. The fourth-order valence-electron chi connectivity index (χ4n) is 3.41. The zero-order valence-corrected chi connectivity index (χ0v) is 14.6. The Morgan fingerprint density at radius 2 is 2.04 bits per heavy atom. The molecule has 2 saturated heterocycles. The number of nitrogens with zero attached hydrogens (tertiary/aromatic N) is 3. The van der Waals surface area contributed by atoms with Gasteiger partial charge in [-0.05, 0) is 30.7 Å². The second kappa shape index (κ2) is 7.80. The van der Waals surface area contributed by atoms with E-state index in [0.29, 0.717) is 18.7 Å². The molecule has 0 radical (unpaired) electrons. The lowest BCUT2D eigenvalue weighted by atomic mass is 10.1. The molecule has 0 saturated carbocycles. The summed E-state index contributed by atoms with van der Waals surface area (Å²) in [6, 6.07) is 7.81. The van der Waals surface area contributed by atoms with Gasteiger partial charge in [-0.25, -0.2) is 5.43 Å². The Hall–Kier alpha value is -2.51. The highest BCUT2D eigenvalue weighted by atomic mass is 16.5. The first-order chi connectivity index (χ1) is 12.8. The minimum Gasteiger partial charge on any atom is -0.489 e. The molecule has 2 fully saturated rings. The summed E-state index contributed by atoms with van der Waals surface area (Å²) in [7, 11) is 0. The van der Waals surface area contributed by atoms with Crippen molar-refractivity contribution in [1.29, 1.82) is 0 Å². The van der Waals surface area contributed by atoms with Gasteiger partial charge in [-0.15, -0.1) is 0 Å². The summed E-state index contributed by atoms with van der Waals surface area (Å²) < 4.78 is 5.94. The lowest BCUT2D eigenvalue weighted by Crippen LogP contribution is -2.41. The standard InChI is InChI=1S/C19H23N5O2/c25-19(14-3-4-17(21-12-14)18-5-9-22-23-18)24-10-6-15(7-11-24)26-16-2-1-8-20-13-16/h1-4,8,12-13,15,18,22-23H,5-7,9-11H2. The monoisotopic (exact) mass is 353 g/mol. The maximum absolute atomic E-state index is 12.7. The maximum Gasteiger partial charge on any atom is 0.255 e. The van der Waals surface area contributed by atoms with Crippen LogP contribution < -0.4 is 15.6 Å². The molecular formula is C19H23N5O2. The van der Waals surface area contributed by atoms with Gasteiger partial charge < -0.3 is 9.64 Å². The van der Waals surface area contributed by atoms with Crippen molar-refractivity contribution in [1.82, 2.24) is 25.7 Å². The number of likely N-dealkylation sites (tertiary alicyclic amines) is 1. The number of nitrogens with one attached hydrogen (secondary N) is 2. The minimum atomic E-state index is 0.0429. The summed E-state index contributed by atoms with van der Waals surface area (Å²) in [5, 5.41) is 0. The van der Waals surface area contributed by atoms with E-state index in [0.717, 1.165) is 37.3 Å². The van der Waals surface area contributed by atoms with Gasteiger partial charge in [-0.1, -0.05) is 0 Å². The van der Waals surface area contributed by atoms with Gasteiger partial charge in [0.15, 0.2) is 0 Å². The first-order valence-electron chi connectivity index (χ1n) is 9.10. The van der Waals surface area contributed by atoms with Crippen LogP contribution in [0.15, 0.2) is 42.9 Å². The maximum atomic E-state index is 12.7. The normalized spacial score (nSPS) is 20.9. The van der Waals surface area contributed by atoms with Gasteiger partial charge in [-0.2, -0.15) is 0 Å². The third kappa shape index (κ3) is 3.84. The average molecular weight is 353 g/mol. The Balaban J connectivity index is 1.31. The summed E-state index contributed by atoms with van der Waals surface area (Å²) in [6.45, 7) is 2.32. The molecule has 1 unspecified atom stereocenters. The smallest absolute Gasteiger partial charge is 0.255 e. The van der Waals surface area contributed by atoms with E-state index < -0.39 is 0 Å². The zero-order chi connectivity index (χ0) is 17.8. The van der Waals surface area contributed by atoms with Crippen LogP contribution in [0.5, 0.6) is 5.75 Å². The highest BCUT2D eigenvalue weighted by molar-refractivity contribution is 5.94. The van der Waals surface area contributed by atoms with Crippen molar-refractivity contribution < 1.29 is 9.53 Å². The molecule has 136 valence electrons. The molecule has 0 aliphatic carbocycles. The van der Waals surface area contributed by atoms with Crippen LogP contribution in [0.25, 0.3) is 0 Å². The van der Waals surface area contributed by atoms with Crippen LogP contribution in [-0.2, 0) is 0 Å². The van der Waals surface area contributed by atoms with E-state index in [1.54, 1.807) is 18.6 Å². The van der Waals surface area contributed by atoms with E-state index in [9.17, 15) is 4.79 Å². The number of ether oxygens (including phenoxy) is 1. The van der Waals surface area contributed by atoms with Crippen molar-refractivity contribution in [2.75, 3.05) is 19.6 Å². The Bertz CT molecular complexity index is 723. The van der Waals surface area contributed by atoms with Gasteiger partial charge in [0.25, 0.3) is 5.91 Å². The van der Waals surface area contributed by atoms with Gasteiger partial charge in [-0.3, -0.25) is 20.2 Å². The van der Waals surface area contributed by atoms with Crippen molar-refractivity contribution in [2.24, 2.45) is 0 Å². The topological polar surface area (TPSA) is 79.4 Å². The van der Waals surface area contributed by atoms with Crippen LogP contribution in [0.1, 0.15) is 41.4 Å². The number of piperidine rings is 1. The number of carbonyl (C=O) groups excluding carboxylic acids is 1. The summed E-state index contributed by atoms with van der Waals surface area (Å²) in [4.78, 5) is 23.1. The number of carbonyl (C=O) groups is 1. The molecule has 0 spiro atoms. The average Bonchev–Trinajstić information content (AvgIpc) is 3.24. The van der Waals surface area contributed by atoms with Crippen LogP contribution >= 0.6 is 0 Å². The number of hydrogen-bond donors (Lipinski definition) is 2. The first kappa shape index (κ1) is 16.9. The quantitative estimate of drug-likeness (QED) is 0.871. The second-order valence-electron chi connectivity index (χ2n) is 6.68. The van der Waals surface area contributed by atoms with E-state index >= 15 is 0 Å². The summed E-state index contributed by atoms with van der Waals surface area (Å²) in [5.74, 6) is 0.827. The van der Waals surface area contributed by atoms with Gasteiger partial charge in [0.2, 0.25) is 0 Å². The Labute approximate surface area is 152 Å². The van der Waals surface area contributed by atoms with Crippen LogP contribution in [0.2, 0.25) is 0 Å².